The number of aromatic amines is 1. The molecule has 1 amide bonds. The van der Waals surface area contributed by atoms with Gasteiger partial charge in [-0.15, -0.1) is 0 Å². The van der Waals surface area contributed by atoms with Crippen molar-refractivity contribution in [2.24, 2.45) is 5.73 Å². The van der Waals surface area contributed by atoms with Crippen LogP contribution in [0.15, 0.2) is 42.6 Å². The first kappa shape index (κ1) is 19.2. The normalized spacial score (nSPS) is 14.8. The summed E-state index contributed by atoms with van der Waals surface area (Å²) in [6, 6.07) is 10.5. The Bertz CT molecular complexity index is 964. The molecule has 2 aromatic carbocycles. The van der Waals surface area contributed by atoms with Crippen LogP contribution >= 0.6 is 0 Å². The number of amides is 1. The van der Waals surface area contributed by atoms with Crippen molar-refractivity contribution in [3.8, 4) is 17.2 Å². The van der Waals surface area contributed by atoms with Crippen LogP contribution in [0, 0.1) is 0 Å². The van der Waals surface area contributed by atoms with Gasteiger partial charge >= 0.3 is 0 Å². The number of aromatic nitrogens is 2. The molecular formula is C21H23N3O5. The van der Waals surface area contributed by atoms with Crippen LogP contribution in [0.25, 0.3) is 10.9 Å². The number of carbonyl (C=O) groups is 1. The van der Waals surface area contributed by atoms with Gasteiger partial charge in [0.1, 0.15) is 23.6 Å². The topological polar surface area (TPSA) is 109 Å². The number of primary amides is 1. The van der Waals surface area contributed by atoms with E-state index in [1.165, 1.54) is 0 Å². The summed E-state index contributed by atoms with van der Waals surface area (Å²) < 4.78 is 22.8. The van der Waals surface area contributed by atoms with Crippen LogP contribution in [0.4, 0.5) is 0 Å². The zero-order valence-electron chi connectivity index (χ0n) is 15.9. The highest BCUT2D eigenvalue weighted by Crippen LogP contribution is 2.31. The van der Waals surface area contributed by atoms with Crippen molar-refractivity contribution in [2.45, 2.75) is 18.9 Å². The van der Waals surface area contributed by atoms with Gasteiger partial charge in [0, 0.05) is 24.2 Å². The van der Waals surface area contributed by atoms with Crippen molar-refractivity contribution in [2.75, 3.05) is 26.4 Å². The molecule has 0 aliphatic carbocycles. The molecule has 0 radical (unpaired) electrons. The van der Waals surface area contributed by atoms with E-state index >= 15 is 0 Å². The number of fused-ring (bicyclic) bond motifs is 1. The maximum atomic E-state index is 11.5. The summed E-state index contributed by atoms with van der Waals surface area (Å²) >= 11 is 0. The second-order valence-corrected chi connectivity index (χ2v) is 6.78. The van der Waals surface area contributed by atoms with Crippen molar-refractivity contribution in [1.82, 2.24) is 10.2 Å². The third-order valence-corrected chi connectivity index (χ3v) is 4.72. The van der Waals surface area contributed by atoms with Crippen LogP contribution in [0.5, 0.6) is 17.2 Å². The van der Waals surface area contributed by atoms with Gasteiger partial charge in [-0.3, -0.25) is 9.89 Å². The minimum absolute atomic E-state index is 0.263. The van der Waals surface area contributed by atoms with E-state index in [1.54, 1.807) is 30.5 Å². The van der Waals surface area contributed by atoms with Crippen LogP contribution < -0.4 is 15.2 Å². The molecule has 8 nitrogen and oxygen atoms in total. The van der Waals surface area contributed by atoms with Crippen molar-refractivity contribution in [3.05, 3.63) is 48.2 Å². The fraction of sp³-hybridized carbons (Fsp3) is 0.333. The number of benzene rings is 2. The van der Waals surface area contributed by atoms with Gasteiger partial charge in [0.25, 0.3) is 0 Å². The predicted molar refractivity (Wildman–Crippen MR) is 106 cm³/mol. The van der Waals surface area contributed by atoms with E-state index in [0.717, 1.165) is 37.2 Å². The van der Waals surface area contributed by atoms with E-state index in [1.807, 2.05) is 12.1 Å². The Morgan fingerprint density at radius 1 is 1.14 bits per heavy atom. The Kier molecular flexibility index (Phi) is 5.92. The predicted octanol–water partition coefficient (Wildman–Crippen LogP) is 3.03. The molecule has 0 bridgehead atoms. The number of rotatable bonds is 8. The zero-order valence-corrected chi connectivity index (χ0v) is 15.9. The first-order valence-corrected chi connectivity index (χ1v) is 9.56. The van der Waals surface area contributed by atoms with Gasteiger partial charge in [0.05, 0.1) is 18.9 Å². The molecule has 1 fully saturated rings. The standard InChI is InChI=1S/C21H23N3O5/c22-21(25)14-11-15-13-23-24-20(15)19(12-14)29-18-3-1-16(2-4-18)27-9-10-28-17-5-7-26-8-6-17/h1-4,11-13,17H,5-10H2,(H2,22,25)(H,23,24). The number of H-pyrrole nitrogens is 1. The second kappa shape index (κ2) is 8.93. The third-order valence-electron chi connectivity index (χ3n) is 4.72. The molecule has 1 aromatic heterocycles. The van der Waals surface area contributed by atoms with Gasteiger partial charge in [-0.05, 0) is 49.2 Å². The minimum Gasteiger partial charge on any atom is -0.491 e. The molecule has 3 N–H and O–H groups in total. The van der Waals surface area contributed by atoms with Gasteiger partial charge in [0.15, 0.2) is 5.75 Å². The highest BCUT2D eigenvalue weighted by molar-refractivity contribution is 5.98. The smallest absolute Gasteiger partial charge is 0.248 e. The lowest BCUT2D eigenvalue weighted by Crippen LogP contribution is -2.25. The molecule has 1 aliphatic rings. The lowest BCUT2D eigenvalue weighted by atomic mass is 10.1. The van der Waals surface area contributed by atoms with Gasteiger partial charge in [0.2, 0.25) is 5.91 Å². The maximum Gasteiger partial charge on any atom is 0.248 e. The molecule has 4 rings (SSSR count). The van der Waals surface area contributed by atoms with Crippen molar-refractivity contribution >= 4 is 16.8 Å². The first-order valence-electron chi connectivity index (χ1n) is 9.56. The molecule has 2 heterocycles. The molecule has 152 valence electrons. The molecule has 29 heavy (non-hydrogen) atoms. The number of nitrogens with two attached hydrogens (primary N) is 1. The summed E-state index contributed by atoms with van der Waals surface area (Å²) in [5, 5.41) is 7.62. The van der Waals surface area contributed by atoms with Crippen molar-refractivity contribution in [3.63, 3.8) is 0 Å². The number of carbonyl (C=O) groups excluding carboxylic acids is 1. The molecule has 0 saturated carbocycles. The Hall–Kier alpha value is -3.10. The number of nitrogens with zero attached hydrogens (tertiary/aromatic N) is 1. The summed E-state index contributed by atoms with van der Waals surface area (Å²) in [5.74, 6) is 1.29. The van der Waals surface area contributed by atoms with Crippen LogP contribution in [-0.2, 0) is 9.47 Å². The monoisotopic (exact) mass is 397 g/mol. The Balaban J connectivity index is 1.34. The number of nitrogens with one attached hydrogen (secondary N) is 1. The van der Waals surface area contributed by atoms with E-state index in [2.05, 4.69) is 10.2 Å². The van der Waals surface area contributed by atoms with Gasteiger partial charge < -0.3 is 24.7 Å². The van der Waals surface area contributed by atoms with Gasteiger partial charge in [-0.25, -0.2) is 0 Å². The van der Waals surface area contributed by atoms with Gasteiger partial charge in [-0.2, -0.15) is 5.10 Å². The number of hydrogen-bond acceptors (Lipinski definition) is 6. The van der Waals surface area contributed by atoms with Crippen LogP contribution in [0.2, 0.25) is 0 Å². The second-order valence-electron chi connectivity index (χ2n) is 6.78. The quantitative estimate of drug-likeness (QED) is 0.566. The van der Waals surface area contributed by atoms with Crippen molar-refractivity contribution in [1.29, 1.82) is 0 Å². The van der Waals surface area contributed by atoms with Crippen molar-refractivity contribution < 1.29 is 23.7 Å². The van der Waals surface area contributed by atoms with Crippen LogP contribution in [-0.4, -0.2) is 48.6 Å². The number of ether oxygens (including phenoxy) is 4. The summed E-state index contributed by atoms with van der Waals surface area (Å²) in [6.45, 7) is 2.55. The lowest BCUT2D eigenvalue weighted by molar-refractivity contribution is -0.0388. The summed E-state index contributed by atoms with van der Waals surface area (Å²) in [6.07, 6.45) is 3.76. The molecule has 0 spiro atoms. The minimum atomic E-state index is -0.523. The third kappa shape index (κ3) is 4.85. The molecule has 0 unspecified atom stereocenters. The molecule has 8 heteroatoms. The zero-order chi connectivity index (χ0) is 20.1. The average Bonchev–Trinajstić information content (AvgIpc) is 3.22. The summed E-state index contributed by atoms with van der Waals surface area (Å²) in [4.78, 5) is 11.5. The molecule has 1 saturated heterocycles. The summed E-state index contributed by atoms with van der Waals surface area (Å²) in [7, 11) is 0. The Labute approximate surface area is 167 Å². The Morgan fingerprint density at radius 2 is 1.90 bits per heavy atom. The highest BCUT2D eigenvalue weighted by Gasteiger charge is 2.14. The summed E-state index contributed by atoms with van der Waals surface area (Å²) in [5.41, 5.74) is 6.46. The molecule has 0 atom stereocenters. The van der Waals surface area contributed by atoms with Crippen LogP contribution in [0.3, 0.4) is 0 Å². The van der Waals surface area contributed by atoms with E-state index < -0.39 is 5.91 Å². The molecule has 3 aromatic rings. The molecule has 1 aliphatic heterocycles. The Morgan fingerprint density at radius 3 is 2.66 bits per heavy atom. The maximum absolute atomic E-state index is 11.5. The SMILES string of the molecule is NC(=O)c1cc(Oc2ccc(OCCOC3CCOCC3)cc2)c2[nH]ncc2c1. The van der Waals surface area contributed by atoms with Crippen LogP contribution in [0.1, 0.15) is 23.2 Å². The van der Waals surface area contributed by atoms with E-state index in [0.29, 0.717) is 35.8 Å². The highest BCUT2D eigenvalue weighted by atomic mass is 16.5. The first-order chi connectivity index (χ1) is 14.2. The average molecular weight is 397 g/mol. The van der Waals surface area contributed by atoms with Gasteiger partial charge in [-0.1, -0.05) is 0 Å². The number of hydrogen-bond donors (Lipinski definition) is 2. The lowest BCUT2D eigenvalue weighted by Gasteiger charge is -2.22. The largest absolute Gasteiger partial charge is 0.491 e. The van der Waals surface area contributed by atoms with E-state index in [4.69, 9.17) is 24.7 Å². The van der Waals surface area contributed by atoms with E-state index in [-0.39, 0.29) is 6.10 Å². The fourth-order valence-electron chi connectivity index (χ4n) is 3.20. The molecular weight excluding hydrogens is 374 g/mol. The van der Waals surface area contributed by atoms with E-state index in [9.17, 15) is 4.79 Å². The fourth-order valence-corrected chi connectivity index (χ4v) is 3.20.